The Morgan fingerprint density at radius 3 is 3.04 bits per heavy atom. The minimum absolute atomic E-state index is 0.0509. The Morgan fingerprint density at radius 2 is 2.27 bits per heavy atom. The first-order valence-corrected chi connectivity index (χ1v) is 8.99. The number of aromatic amines is 1. The van der Waals surface area contributed by atoms with Gasteiger partial charge < -0.3 is 10.6 Å². The predicted octanol–water partition coefficient (Wildman–Crippen LogP) is 0.537. The molecule has 0 unspecified atom stereocenters. The molecule has 0 spiro atoms. The highest BCUT2D eigenvalue weighted by Crippen LogP contribution is 2.27. The number of H-pyrrole nitrogens is 1. The lowest BCUT2D eigenvalue weighted by Crippen LogP contribution is -2.50. The fourth-order valence-corrected chi connectivity index (χ4v) is 3.90. The minimum atomic E-state index is -0.521. The highest BCUT2D eigenvalue weighted by Gasteiger charge is 2.32. The van der Waals surface area contributed by atoms with E-state index in [9.17, 15) is 14.4 Å². The van der Waals surface area contributed by atoms with Crippen LogP contribution >= 0.6 is 11.3 Å². The first kappa shape index (κ1) is 16.5. The van der Waals surface area contributed by atoms with Gasteiger partial charge in [-0.05, 0) is 24.8 Å². The molecule has 134 valence electrons. The van der Waals surface area contributed by atoms with Gasteiger partial charge in [0.2, 0.25) is 5.91 Å². The van der Waals surface area contributed by atoms with Crippen molar-refractivity contribution in [3.8, 4) is 0 Å². The molecule has 0 radical (unpaired) electrons. The second kappa shape index (κ2) is 6.37. The molecule has 0 aromatic carbocycles. The van der Waals surface area contributed by atoms with Gasteiger partial charge in [0.15, 0.2) is 0 Å². The molecule has 10 heteroatoms. The third-order valence-electron chi connectivity index (χ3n) is 4.30. The number of aromatic nitrogens is 4. The molecule has 0 aliphatic carbocycles. The Morgan fingerprint density at radius 1 is 1.42 bits per heavy atom. The number of nitrogens with one attached hydrogen (secondary N) is 3. The lowest BCUT2D eigenvalue weighted by atomic mass is 9.96. The Bertz CT molecular complexity index is 1040. The first-order chi connectivity index (χ1) is 12.5. The maximum atomic E-state index is 12.7. The van der Waals surface area contributed by atoms with E-state index in [-0.39, 0.29) is 29.3 Å². The molecule has 2 amide bonds. The monoisotopic (exact) mass is 372 g/mol. The Hall–Kier alpha value is -3.01. The van der Waals surface area contributed by atoms with Gasteiger partial charge in [0.05, 0.1) is 12.1 Å². The molecule has 2 atom stereocenters. The van der Waals surface area contributed by atoms with Crippen molar-refractivity contribution in [3.05, 3.63) is 50.3 Å². The van der Waals surface area contributed by atoms with Crippen LogP contribution in [-0.4, -0.2) is 37.4 Å². The van der Waals surface area contributed by atoms with Gasteiger partial charge in [0.25, 0.3) is 17.2 Å². The number of piperidine rings is 1. The summed E-state index contributed by atoms with van der Waals surface area (Å²) in [5.41, 5.74) is -0.589. The number of fused-ring (bicyclic) bond motifs is 1. The molecule has 1 aliphatic rings. The molecule has 4 rings (SSSR count). The number of rotatable bonds is 3. The SMILES string of the molecule is Cc1nc2ncc(C(=O)N[C@@H]3CCC(=O)N[C@H]3c3cccs3)c(=O)n2[nH]1. The lowest BCUT2D eigenvalue weighted by molar-refractivity contribution is -0.123. The van der Waals surface area contributed by atoms with Gasteiger partial charge in [-0.3, -0.25) is 19.5 Å². The van der Waals surface area contributed by atoms with Crippen LogP contribution < -0.4 is 16.2 Å². The fourth-order valence-electron chi connectivity index (χ4n) is 3.06. The van der Waals surface area contributed by atoms with E-state index in [0.717, 1.165) is 9.39 Å². The summed E-state index contributed by atoms with van der Waals surface area (Å²) in [6.07, 6.45) is 2.05. The highest BCUT2D eigenvalue weighted by atomic mass is 32.1. The van der Waals surface area contributed by atoms with Gasteiger partial charge in [-0.2, -0.15) is 9.50 Å². The molecule has 4 heterocycles. The van der Waals surface area contributed by atoms with Crippen LogP contribution in [0.1, 0.15) is 39.9 Å². The van der Waals surface area contributed by atoms with Crippen molar-refractivity contribution in [3.63, 3.8) is 0 Å². The Balaban J connectivity index is 1.61. The van der Waals surface area contributed by atoms with Crippen LogP contribution in [0.15, 0.2) is 28.5 Å². The van der Waals surface area contributed by atoms with E-state index in [2.05, 4.69) is 25.7 Å². The van der Waals surface area contributed by atoms with Crippen molar-refractivity contribution in [2.45, 2.75) is 31.8 Å². The first-order valence-electron chi connectivity index (χ1n) is 8.11. The number of amides is 2. The quantitative estimate of drug-likeness (QED) is 0.619. The van der Waals surface area contributed by atoms with Crippen LogP contribution in [0.2, 0.25) is 0 Å². The molecule has 3 N–H and O–H groups in total. The van der Waals surface area contributed by atoms with Gasteiger partial charge in [-0.1, -0.05) is 6.07 Å². The van der Waals surface area contributed by atoms with E-state index >= 15 is 0 Å². The highest BCUT2D eigenvalue weighted by molar-refractivity contribution is 7.10. The smallest absolute Gasteiger partial charge is 0.286 e. The number of nitrogens with zero attached hydrogens (tertiary/aromatic N) is 3. The third-order valence-corrected chi connectivity index (χ3v) is 5.25. The van der Waals surface area contributed by atoms with Crippen LogP contribution in [0.4, 0.5) is 0 Å². The zero-order valence-electron chi connectivity index (χ0n) is 13.9. The molecular formula is C16H16N6O3S. The molecule has 9 nitrogen and oxygen atoms in total. The zero-order valence-corrected chi connectivity index (χ0v) is 14.7. The van der Waals surface area contributed by atoms with Crippen molar-refractivity contribution in [1.29, 1.82) is 0 Å². The molecule has 0 saturated carbocycles. The van der Waals surface area contributed by atoms with Gasteiger partial charge >= 0.3 is 0 Å². The largest absolute Gasteiger partial charge is 0.347 e. The average molecular weight is 372 g/mol. The minimum Gasteiger partial charge on any atom is -0.347 e. The molecule has 0 bridgehead atoms. The summed E-state index contributed by atoms with van der Waals surface area (Å²) in [4.78, 5) is 46.0. The molecule has 1 saturated heterocycles. The standard InChI is InChI=1S/C16H16N6O3S/c1-8-18-16-17-7-9(15(25)22(16)21-8)14(24)19-10-4-5-12(23)20-13(10)11-3-2-6-26-11/h2-3,6-7,10,13H,4-5H2,1H3,(H,19,24)(H,20,23)(H,17,18,21)/t10-,13-/m1/s1. The van der Waals surface area contributed by atoms with Gasteiger partial charge in [-0.15, -0.1) is 11.3 Å². The molecule has 26 heavy (non-hydrogen) atoms. The molecular weight excluding hydrogens is 356 g/mol. The second-order valence-electron chi connectivity index (χ2n) is 6.10. The van der Waals surface area contributed by atoms with Crippen molar-refractivity contribution >= 4 is 28.9 Å². The van der Waals surface area contributed by atoms with Crippen LogP contribution in [0, 0.1) is 6.92 Å². The van der Waals surface area contributed by atoms with Gasteiger partial charge in [-0.25, -0.2) is 4.98 Å². The second-order valence-corrected chi connectivity index (χ2v) is 7.08. The Kier molecular flexibility index (Phi) is 4.03. The third kappa shape index (κ3) is 2.88. The van der Waals surface area contributed by atoms with E-state index < -0.39 is 11.5 Å². The fraction of sp³-hybridized carbons (Fsp3) is 0.312. The molecule has 3 aromatic rings. The van der Waals surface area contributed by atoms with E-state index in [1.165, 1.54) is 17.5 Å². The van der Waals surface area contributed by atoms with Gasteiger partial charge in [0, 0.05) is 17.5 Å². The van der Waals surface area contributed by atoms with Crippen LogP contribution in [0.3, 0.4) is 0 Å². The van der Waals surface area contributed by atoms with Crippen molar-refractivity contribution in [1.82, 2.24) is 30.2 Å². The average Bonchev–Trinajstić information content (AvgIpc) is 3.26. The van der Waals surface area contributed by atoms with E-state index in [1.54, 1.807) is 6.92 Å². The number of hydrogen-bond acceptors (Lipinski definition) is 6. The summed E-state index contributed by atoms with van der Waals surface area (Å²) in [5, 5.41) is 10.5. The van der Waals surface area contributed by atoms with Crippen molar-refractivity contribution < 1.29 is 9.59 Å². The van der Waals surface area contributed by atoms with E-state index in [4.69, 9.17) is 0 Å². The number of thiophene rings is 1. The predicted molar refractivity (Wildman–Crippen MR) is 94.0 cm³/mol. The summed E-state index contributed by atoms with van der Waals surface area (Å²) in [6.45, 7) is 1.70. The molecule has 1 aliphatic heterocycles. The summed E-state index contributed by atoms with van der Waals surface area (Å²) in [6, 6.07) is 3.19. The molecule has 3 aromatic heterocycles. The summed E-state index contributed by atoms with van der Waals surface area (Å²) < 4.78 is 1.14. The summed E-state index contributed by atoms with van der Waals surface area (Å²) in [7, 11) is 0. The van der Waals surface area contributed by atoms with Crippen molar-refractivity contribution in [2.24, 2.45) is 0 Å². The van der Waals surface area contributed by atoms with Crippen LogP contribution in [0.25, 0.3) is 5.78 Å². The van der Waals surface area contributed by atoms with Gasteiger partial charge in [0.1, 0.15) is 11.4 Å². The number of carbonyl (C=O) groups is 2. The van der Waals surface area contributed by atoms with Crippen LogP contribution in [0.5, 0.6) is 0 Å². The summed E-state index contributed by atoms with van der Waals surface area (Å²) in [5.74, 6) is 0.169. The topological polar surface area (TPSA) is 121 Å². The maximum absolute atomic E-state index is 12.7. The van der Waals surface area contributed by atoms with Crippen LogP contribution in [-0.2, 0) is 4.79 Å². The number of hydrogen-bond donors (Lipinski definition) is 3. The number of aryl methyl sites for hydroxylation is 1. The zero-order chi connectivity index (χ0) is 18.3. The van der Waals surface area contributed by atoms with E-state index in [0.29, 0.717) is 18.7 Å². The maximum Gasteiger partial charge on any atom is 0.286 e. The lowest BCUT2D eigenvalue weighted by Gasteiger charge is -2.32. The molecule has 1 fully saturated rings. The number of carbonyl (C=O) groups excluding carboxylic acids is 2. The van der Waals surface area contributed by atoms with E-state index in [1.807, 2.05) is 17.5 Å². The summed E-state index contributed by atoms with van der Waals surface area (Å²) >= 11 is 1.51. The Labute approximate surface area is 151 Å². The van der Waals surface area contributed by atoms with Crippen molar-refractivity contribution in [2.75, 3.05) is 0 Å². The normalized spacial score (nSPS) is 20.1.